The molecule has 0 spiro atoms. The number of rotatable bonds is 6. The number of benzene rings is 1. The van der Waals surface area contributed by atoms with Crippen molar-refractivity contribution in [3.05, 3.63) is 36.4 Å². The molecule has 0 aliphatic carbocycles. The van der Waals surface area contributed by atoms with Crippen LogP contribution in [0.1, 0.15) is 13.8 Å². The second kappa shape index (κ2) is 6.86. The molecule has 2 rings (SSSR count). The molecule has 3 N–H and O–H groups in total. The smallest absolute Gasteiger partial charge is 0.163 e. The summed E-state index contributed by atoms with van der Waals surface area (Å²) in [6, 6.07) is 11.7. The summed E-state index contributed by atoms with van der Waals surface area (Å²) in [5.74, 6) is 1.78. The van der Waals surface area contributed by atoms with E-state index < -0.39 is 0 Å². The Hall–Kier alpha value is -2.14. The number of nitrogens with zero attached hydrogens (tertiary/aromatic N) is 2. The van der Waals surface area contributed by atoms with Gasteiger partial charge in [0.25, 0.3) is 0 Å². The van der Waals surface area contributed by atoms with Crippen LogP contribution in [0.4, 0.5) is 11.6 Å². The van der Waals surface area contributed by atoms with Crippen LogP contribution in [0.5, 0.6) is 0 Å². The van der Waals surface area contributed by atoms with Crippen molar-refractivity contribution in [3.63, 3.8) is 0 Å². The maximum Gasteiger partial charge on any atom is 0.163 e. The van der Waals surface area contributed by atoms with Gasteiger partial charge in [-0.05, 0) is 13.8 Å². The molecule has 1 heterocycles. The van der Waals surface area contributed by atoms with Crippen molar-refractivity contribution in [1.82, 2.24) is 9.97 Å². The first-order chi connectivity index (χ1) is 9.69. The van der Waals surface area contributed by atoms with Crippen LogP contribution >= 0.6 is 0 Å². The van der Waals surface area contributed by atoms with Gasteiger partial charge in [-0.25, -0.2) is 9.97 Å². The van der Waals surface area contributed by atoms with Crippen molar-refractivity contribution in [2.75, 3.05) is 24.3 Å². The van der Waals surface area contributed by atoms with Gasteiger partial charge in [0.1, 0.15) is 11.6 Å². The molecule has 0 radical (unpaired) electrons. The standard InChI is InChI=1S/C15H20N4O/c1-3-20-10-11(2)17-14-9-13(16)18-15(19-14)12-7-5-4-6-8-12/h4-9,11H,3,10H2,1-2H3,(H3,16,17,18,19). The quantitative estimate of drug-likeness (QED) is 0.845. The largest absolute Gasteiger partial charge is 0.384 e. The van der Waals surface area contributed by atoms with E-state index in [4.69, 9.17) is 10.5 Å². The number of nitrogens with two attached hydrogens (primary N) is 1. The van der Waals surface area contributed by atoms with Gasteiger partial charge in [0.15, 0.2) is 5.82 Å². The molecule has 0 aliphatic rings. The number of anilines is 2. The van der Waals surface area contributed by atoms with Gasteiger partial charge >= 0.3 is 0 Å². The third-order valence-electron chi connectivity index (χ3n) is 2.74. The number of hydrogen-bond acceptors (Lipinski definition) is 5. The van der Waals surface area contributed by atoms with Crippen LogP contribution in [0.3, 0.4) is 0 Å². The number of ether oxygens (including phenoxy) is 1. The SMILES string of the molecule is CCOCC(C)Nc1cc(N)nc(-c2ccccc2)n1. The lowest BCUT2D eigenvalue weighted by atomic mass is 10.2. The summed E-state index contributed by atoms with van der Waals surface area (Å²) in [7, 11) is 0. The monoisotopic (exact) mass is 272 g/mol. The van der Waals surface area contributed by atoms with E-state index in [1.807, 2.05) is 44.2 Å². The van der Waals surface area contributed by atoms with E-state index in [2.05, 4.69) is 15.3 Å². The van der Waals surface area contributed by atoms with E-state index in [9.17, 15) is 0 Å². The molecule has 1 aromatic carbocycles. The molecule has 0 aliphatic heterocycles. The first-order valence-electron chi connectivity index (χ1n) is 6.73. The van der Waals surface area contributed by atoms with E-state index in [0.717, 1.165) is 5.56 Å². The maximum atomic E-state index is 5.85. The van der Waals surface area contributed by atoms with Gasteiger partial charge in [0.05, 0.1) is 6.61 Å². The molecule has 5 heteroatoms. The number of hydrogen-bond donors (Lipinski definition) is 2. The first-order valence-corrected chi connectivity index (χ1v) is 6.73. The lowest BCUT2D eigenvalue weighted by molar-refractivity contribution is 0.141. The van der Waals surface area contributed by atoms with E-state index in [-0.39, 0.29) is 6.04 Å². The molecule has 0 saturated heterocycles. The third-order valence-corrected chi connectivity index (χ3v) is 2.74. The fourth-order valence-electron chi connectivity index (χ4n) is 1.85. The normalized spacial score (nSPS) is 12.1. The molecular formula is C15H20N4O. The summed E-state index contributed by atoms with van der Waals surface area (Å²) in [6.45, 7) is 5.34. The molecule has 106 valence electrons. The Balaban J connectivity index is 2.17. The van der Waals surface area contributed by atoms with Gasteiger partial charge in [-0.2, -0.15) is 0 Å². The molecule has 2 aromatic rings. The topological polar surface area (TPSA) is 73.1 Å². The predicted molar refractivity (Wildman–Crippen MR) is 81.5 cm³/mol. The van der Waals surface area contributed by atoms with Crippen molar-refractivity contribution in [2.45, 2.75) is 19.9 Å². The summed E-state index contributed by atoms with van der Waals surface area (Å²) in [6.07, 6.45) is 0. The molecular weight excluding hydrogens is 252 g/mol. The Morgan fingerprint density at radius 3 is 2.70 bits per heavy atom. The average molecular weight is 272 g/mol. The van der Waals surface area contributed by atoms with Crippen LogP contribution in [0.2, 0.25) is 0 Å². The van der Waals surface area contributed by atoms with Gasteiger partial charge < -0.3 is 15.8 Å². The van der Waals surface area contributed by atoms with Crippen molar-refractivity contribution in [1.29, 1.82) is 0 Å². The Kier molecular flexibility index (Phi) is 4.90. The summed E-state index contributed by atoms with van der Waals surface area (Å²) in [5.41, 5.74) is 6.79. The van der Waals surface area contributed by atoms with Gasteiger partial charge in [-0.1, -0.05) is 30.3 Å². The van der Waals surface area contributed by atoms with Crippen LogP contribution in [-0.2, 0) is 4.74 Å². The fourth-order valence-corrected chi connectivity index (χ4v) is 1.85. The molecule has 20 heavy (non-hydrogen) atoms. The summed E-state index contributed by atoms with van der Waals surface area (Å²) >= 11 is 0. The fraction of sp³-hybridized carbons (Fsp3) is 0.333. The Morgan fingerprint density at radius 2 is 2.00 bits per heavy atom. The van der Waals surface area contributed by atoms with E-state index in [1.165, 1.54) is 0 Å². The highest BCUT2D eigenvalue weighted by Crippen LogP contribution is 2.18. The first kappa shape index (κ1) is 14.3. The van der Waals surface area contributed by atoms with Gasteiger partial charge in [0, 0.05) is 24.3 Å². The van der Waals surface area contributed by atoms with Crippen LogP contribution in [-0.4, -0.2) is 29.2 Å². The summed E-state index contributed by atoms with van der Waals surface area (Å²) in [4.78, 5) is 8.76. The molecule has 0 bridgehead atoms. The number of nitrogen functional groups attached to an aromatic ring is 1. The highest BCUT2D eigenvalue weighted by molar-refractivity contribution is 5.60. The highest BCUT2D eigenvalue weighted by atomic mass is 16.5. The van der Waals surface area contributed by atoms with E-state index in [1.54, 1.807) is 6.07 Å². The molecule has 0 amide bonds. The van der Waals surface area contributed by atoms with E-state index >= 15 is 0 Å². The number of nitrogens with one attached hydrogen (secondary N) is 1. The lowest BCUT2D eigenvalue weighted by Gasteiger charge is -2.15. The zero-order chi connectivity index (χ0) is 14.4. The molecule has 1 aromatic heterocycles. The minimum absolute atomic E-state index is 0.160. The summed E-state index contributed by atoms with van der Waals surface area (Å²) in [5, 5.41) is 3.27. The van der Waals surface area contributed by atoms with Crippen LogP contribution in [0, 0.1) is 0 Å². The van der Waals surface area contributed by atoms with Crippen molar-refractivity contribution in [3.8, 4) is 11.4 Å². The van der Waals surface area contributed by atoms with Crippen molar-refractivity contribution < 1.29 is 4.74 Å². The Labute approximate surface area is 119 Å². The maximum absolute atomic E-state index is 5.85. The zero-order valence-electron chi connectivity index (χ0n) is 11.8. The van der Waals surface area contributed by atoms with Gasteiger partial charge in [-0.3, -0.25) is 0 Å². The Bertz CT molecular complexity index is 545. The molecule has 1 unspecified atom stereocenters. The predicted octanol–water partition coefficient (Wildman–Crippen LogP) is 2.56. The molecule has 0 fully saturated rings. The lowest BCUT2D eigenvalue weighted by Crippen LogP contribution is -2.22. The molecule has 5 nitrogen and oxygen atoms in total. The Morgan fingerprint density at radius 1 is 1.25 bits per heavy atom. The highest BCUT2D eigenvalue weighted by Gasteiger charge is 2.07. The van der Waals surface area contributed by atoms with Gasteiger partial charge in [-0.15, -0.1) is 0 Å². The van der Waals surface area contributed by atoms with Crippen LogP contribution < -0.4 is 11.1 Å². The van der Waals surface area contributed by atoms with Crippen LogP contribution in [0.15, 0.2) is 36.4 Å². The second-order valence-corrected chi connectivity index (χ2v) is 4.57. The molecule has 1 atom stereocenters. The van der Waals surface area contributed by atoms with Crippen LogP contribution in [0.25, 0.3) is 11.4 Å². The third kappa shape index (κ3) is 3.93. The number of aromatic nitrogens is 2. The van der Waals surface area contributed by atoms with E-state index in [0.29, 0.717) is 30.7 Å². The van der Waals surface area contributed by atoms with Gasteiger partial charge in [0.2, 0.25) is 0 Å². The molecule has 0 saturated carbocycles. The van der Waals surface area contributed by atoms with Crippen molar-refractivity contribution in [2.24, 2.45) is 0 Å². The minimum atomic E-state index is 0.160. The summed E-state index contributed by atoms with van der Waals surface area (Å²) < 4.78 is 5.38. The second-order valence-electron chi connectivity index (χ2n) is 4.57. The minimum Gasteiger partial charge on any atom is -0.384 e. The zero-order valence-corrected chi connectivity index (χ0v) is 11.8. The van der Waals surface area contributed by atoms with Crippen molar-refractivity contribution >= 4 is 11.6 Å². The average Bonchev–Trinajstić information content (AvgIpc) is 2.45.